The average Bonchev–Trinajstić information content (AvgIpc) is 2.99. The third-order valence-corrected chi connectivity index (χ3v) is 3.37. The Bertz CT molecular complexity index is 811. The normalized spacial score (nSPS) is 10.5. The summed E-state index contributed by atoms with van der Waals surface area (Å²) < 4.78 is 20.0. The van der Waals surface area contributed by atoms with Gasteiger partial charge in [0.2, 0.25) is 5.88 Å². The highest BCUT2D eigenvalue weighted by molar-refractivity contribution is 5.90. The lowest BCUT2D eigenvalue weighted by Crippen LogP contribution is -2.11. The van der Waals surface area contributed by atoms with E-state index in [0.717, 1.165) is 17.8 Å². The van der Waals surface area contributed by atoms with Gasteiger partial charge in [0.15, 0.2) is 0 Å². The van der Waals surface area contributed by atoms with Gasteiger partial charge in [-0.2, -0.15) is 5.10 Å². The summed E-state index contributed by atoms with van der Waals surface area (Å²) in [5.41, 5.74) is 1.90. The molecule has 2 aromatic carbocycles. The van der Waals surface area contributed by atoms with E-state index in [4.69, 9.17) is 4.74 Å². The lowest BCUT2D eigenvalue weighted by atomic mass is 10.2. The van der Waals surface area contributed by atoms with Crippen molar-refractivity contribution in [3.8, 4) is 11.6 Å². The average molecular weight is 310 g/mol. The summed E-state index contributed by atoms with van der Waals surface area (Å²) >= 11 is 0. The van der Waals surface area contributed by atoms with Crippen LogP contribution in [0, 0.1) is 5.82 Å². The molecule has 0 aliphatic rings. The second-order valence-corrected chi connectivity index (χ2v) is 4.97. The van der Waals surface area contributed by atoms with Crippen molar-refractivity contribution in [2.24, 2.45) is 0 Å². The van der Waals surface area contributed by atoms with E-state index in [1.807, 2.05) is 37.3 Å². The number of esters is 1. The van der Waals surface area contributed by atoms with Crippen LogP contribution in [0.4, 0.5) is 4.39 Å². The SMILES string of the molecule is CCc1cc(OC(=O)c2ccc(F)cc2)n(-c2ccccc2)n1. The number of para-hydroxylation sites is 1. The van der Waals surface area contributed by atoms with Crippen LogP contribution >= 0.6 is 0 Å². The van der Waals surface area contributed by atoms with Gasteiger partial charge in [-0.15, -0.1) is 0 Å². The number of halogens is 1. The highest BCUT2D eigenvalue weighted by atomic mass is 19.1. The van der Waals surface area contributed by atoms with Crippen LogP contribution in [-0.2, 0) is 6.42 Å². The number of aromatic nitrogens is 2. The zero-order valence-electron chi connectivity index (χ0n) is 12.6. The molecule has 0 bridgehead atoms. The summed E-state index contributed by atoms with van der Waals surface area (Å²) in [5.74, 6) is -0.615. The van der Waals surface area contributed by atoms with Crippen LogP contribution in [0.3, 0.4) is 0 Å². The summed E-state index contributed by atoms with van der Waals surface area (Å²) in [6.07, 6.45) is 0.723. The Balaban J connectivity index is 1.92. The van der Waals surface area contributed by atoms with Gasteiger partial charge in [0.05, 0.1) is 16.9 Å². The third kappa shape index (κ3) is 3.29. The van der Waals surface area contributed by atoms with Gasteiger partial charge in [-0.1, -0.05) is 25.1 Å². The summed E-state index contributed by atoms with van der Waals surface area (Å²) in [6, 6.07) is 16.4. The lowest BCUT2D eigenvalue weighted by molar-refractivity contribution is 0.0723. The Morgan fingerprint density at radius 3 is 2.48 bits per heavy atom. The van der Waals surface area contributed by atoms with Crippen molar-refractivity contribution in [3.05, 3.63) is 77.7 Å². The van der Waals surface area contributed by atoms with Crippen LogP contribution < -0.4 is 4.74 Å². The monoisotopic (exact) mass is 310 g/mol. The van der Waals surface area contributed by atoms with Crippen LogP contribution in [0.15, 0.2) is 60.7 Å². The van der Waals surface area contributed by atoms with Gasteiger partial charge in [0.1, 0.15) is 5.82 Å². The standard InChI is InChI=1S/C18H15FN2O2/c1-2-15-12-17(21(20-15)16-6-4-3-5-7-16)23-18(22)13-8-10-14(19)11-9-13/h3-12H,2H2,1H3. The van der Waals surface area contributed by atoms with Crippen LogP contribution in [0.1, 0.15) is 23.0 Å². The highest BCUT2D eigenvalue weighted by Gasteiger charge is 2.15. The molecule has 0 radical (unpaired) electrons. The minimum absolute atomic E-state index is 0.283. The molecule has 5 heteroatoms. The molecular weight excluding hydrogens is 295 g/mol. The summed E-state index contributed by atoms with van der Waals surface area (Å²) in [5, 5.41) is 4.44. The fourth-order valence-corrected chi connectivity index (χ4v) is 2.15. The van der Waals surface area contributed by atoms with Gasteiger partial charge < -0.3 is 4.74 Å². The van der Waals surface area contributed by atoms with E-state index in [-0.39, 0.29) is 5.56 Å². The Morgan fingerprint density at radius 2 is 1.83 bits per heavy atom. The van der Waals surface area contributed by atoms with Gasteiger partial charge in [-0.05, 0) is 42.8 Å². The number of aryl methyl sites for hydroxylation is 1. The van der Waals surface area contributed by atoms with E-state index in [1.54, 1.807) is 10.7 Å². The Labute approximate surface area is 133 Å². The summed E-state index contributed by atoms with van der Waals surface area (Å²) in [6.45, 7) is 1.98. The molecule has 0 spiro atoms. The number of carbonyl (C=O) groups is 1. The molecule has 0 aliphatic heterocycles. The minimum atomic E-state index is -0.551. The number of carbonyl (C=O) groups excluding carboxylic acids is 1. The zero-order valence-corrected chi connectivity index (χ0v) is 12.6. The van der Waals surface area contributed by atoms with Gasteiger partial charge >= 0.3 is 5.97 Å². The molecular formula is C18H15FN2O2. The van der Waals surface area contributed by atoms with E-state index in [9.17, 15) is 9.18 Å². The smallest absolute Gasteiger partial charge is 0.344 e. The molecule has 3 rings (SSSR count). The Kier molecular flexibility index (Phi) is 4.19. The first kappa shape index (κ1) is 15.0. The van der Waals surface area contributed by atoms with Crippen molar-refractivity contribution in [1.29, 1.82) is 0 Å². The molecule has 4 nitrogen and oxygen atoms in total. The zero-order chi connectivity index (χ0) is 16.2. The summed E-state index contributed by atoms with van der Waals surface area (Å²) in [4.78, 5) is 12.2. The Hall–Kier alpha value is -2.95. The van der Waals surface area contributed by atoms with E-state index in [0.29, 0.717) is 5.88 Å². The number of ether oxygens (including phenoxy) is 1. The number of nitrogens with zero attached hydrogens (tertiary/aromatic N) is 2. The largest absolute Gasteiger partial charge is 0.404 e. The third-order valence-electron chi connectivity index (χ3n) is 3.37. The first-order valence-corrected chi connectivity index (χ1v) is 7.29. The molecule has 0 saturated carbocycles. The number of hydrogen-bond donors (Lipinski definition) is 0. The van der Waals surface area contributed by atoms with Crippen molar-refractivity contribution in [3.63, 3.8) is 0 Å². The molecule has 1 aromatic heterocycles. The second-order valence-electron chi connectivity index (χ2n) is 4.97. The first-order chi connectivity index (χ1) is 11.2. The molecule has 0 aliphatic carbocycles. The van der Waals surface area contributed by atoms with Gasteiger partial charge in [0.25, 0.3) is 0 Å². The predicted molar refractivity (Wildman–Crippen MR) is 84.3 cm³/mol. The van der Waals surface area contributed by atoms with Crippen molar-refractivity contribution < 1.29 is 13.9 Å². The number of benzene rings is 2. The maximum absolute atomic E-state index is 12.9. The molecule has 1 heterocycles. The predicted octanol–water partition coefficient (Wildman–Crippen LogP) is 3.79. The molecule has 23 heavy (non-hydrogen) atoms. The molecule has 0 N–H and O–H groups in total. The number of hydrogen-bond acceptors (Lipinski definition) is 3. The topological polar surface area (TPSA) is 44.1 Å². The summed E-state index contributed by atoms with van der Waals surface area (Å²) in [7, 11) is 0. The molecule has 3 aromatic rings. The van der Waals surface area contributed by atoms with Crippen LogP contribution in [0.25, 0.3) is 5.69 Å². The van der Waals surface area contributed by atoms with Gasteiger partial charge in [-0.3, -0.25) is 0 Å². The van der Waals surface area contributed by atoms with Gasteiger partial charge in [0, 0.05) is 6.07 Å². The van der Waals surface area contributed by atoms with E-state index >= 15 is 0 Å². The van der Waals surface area contributed by atoms with Crippen molar-refractivity contribution in [2.45, 2.75) is 13.3 Å². The maximum Gasteiger partial charge on any atom is 0.344 e. The molecule has 0 amide bonds. The van der Waals surface area contributed by atoms with Gasteiger partial charge in [-0.25, -0.2) is 13.9 Å². The minimum Gasteiger partial charge on any atom is -0.404 e. The first-order valence-electron chi connectivity index (χ1n) is 7.29. The highest BCUT2D eigenvalue weighted by Crippen LogP contribution is 2.21. The maximum atomic E-state index is 12.9. The van der Waals surface area contributed by atoms with Crippen LogP contribution in [-0.4, -0.2) is 15.7 Å². The fourth-order valence-electron chi connectivity index (χ4n) is 2.15. The van der Waals surface area contributed by atoms with Crippen LogP contribution in [0.2, 0.25) is 0 Å². The van der Waals surface area contributed by atoms with E-state index in [1.165, 1.54) is 24.3 Å². The van der Waals surface area contributed by atoms with Crippen molar-refractivity contribution in [2.75, 3.05) is 0 Å². The second kappa shape index (κ2) is 6.44. The molecule has 0 saturated heterocycles. The molecule has 0 atom stereocenters. The lowest BCUT2D eigenvalue weighted by Gasteiger charge is -2.07. The van der Waals surface area contributed by atoms with E-state index < -0.39 is 11.8 Å². The number of rotatable bonds is 4. The Morgan fingerprint density at radius 1 is 1.13 bits per heavy atom. The van der Waals surface area contributed by atoms with Crippen molar-refractivity contribution >= 4 is 5.97 Å². The van der Waals surface area contributed by atoms with Crippen LogP contribution in [0.5, 0.6) is 5.88 Å². The fraction of sp³-hybridized carbons (Fsp3) is 0.111. The molecule has 116 valence electrons. The molecule has 0 unspecified atom stereocenters. The van der Waals surface area contributed by atoms with Crippen molar-refractivity contribution in [1.82, 2.24) is 9.78 Å². The van der Waals surface area contributed by atoms with E-state index in [2.05, 4.69) is 5.10 Å². The molecule has 0 fully saturated rings. The quantitative estimate of drug-likeness (QED) is 0.689.